The van der Waals surface area contributed by atoms with Crippen molar-refractivity contribution >= 4 is 45.3 Å². The van der Waals surface area contributed by atoms with Gasteiger partial charge in [0.05, 0.1) is 11.5 Å². The van der Waals surface area contributed by atoms with Crippen molar-refractivity contribution < 1.29 is 9.34 Å². The van der Waals surface area contributed by atoms with Crippen LogP contribution in [0.25, 0.3) is 16.3 Å². The van der Waals surface area contributed by atoms with Crippen molar-refractivity contribution in [3.63, 3.8) is 0 Å². The average molecular weight is 389 g/mol. The Bertz CT molecular complexity index is 1090. The molecule has 134 valence electrons. The van der Waals surface area contributed by atoms with Gasteiger partial charge in [-0.15, -0.1) is 17.9 Å². The van der Waals surface area contributed by atoms with Crippen LogP contribution in [0.15, 0.2) is 44.6 Å². The minimum Gasteiger partial charge on any atom is -0.401 e. The highest BCUT2D eigenvalue weighted by molar-refractivity contribution is 8.02. The summed E-state index contributed by atoms with van der Waals surface area (Å²) >= 11 is 2.73. The Labute approximate surface area is 156 Å². The van der Waals surface area contributed by atoms with Crippen LogP contribution >= 0.6 is 23.1 Å². The fourth-order valence-corrected chi connectivity index (χ4v) is 4.21. The van der Waals surface area contributed by atoms with E-state index in [1.165, 1.54) is 35.2 Å². The topological polar surface area (TPSA) is 91.2 Å². The number of hydrogen-bond acceptors (Lipinski definition) is 7. The van der Waals surface area contributed by atoms with E-state index in [1.807, 2.05) is 13.8 Å². The van der Waals surface area contributed by atoms with Gasteiger partial charge in [0.25, 0.3) is 5.56 Å². The predicted octanol–water partition coefficient (Wildman–Crippen LogP) is 4.53. The van der Waals surface area contributed by atoms with Crippen LogP contribution in [0.5, 0.6) is 0 Å². The Balaban J connectivity index is 1.96. The molecule has 0 aliphatic rings. The molecule has 0 aromatic carbocycles. The van der Waals surface area contributed by atoms with Crippen molar-refractivity contribution in [2.75, 3.05) is 0 Å². The van der Waals surface area contributed by atoms with E-state index in [0.717, 1.165) is 10.4 Å². The van der Waals surface area contributed by atoms with Gasteiger partial charge in [-0.25, -0.2) is 4.98 Å². The summed E-state index contributed by atoms with van der Waals surface area (Å²) in [7, 11) is 0. The third-order valence-electron chi connectivity index (χ3n) is 3.76. The molecule has 0 bridgehead atoms. The maximum atomic E-state index is 12.8. The van der Waals surface area contributed by atoms with E-state index >= 15 is 0 Å². The van der Waals surface area contributed by atoms with Crippen LogP contribution in [0.3, 0.4) is 0 Å². The molecule has 0 fully saturated rings. The van der Waals surface area contributed by atoms with Crippen LogP contribution < -0.4 is 5.56 Å². The van der Waals surface area contributed by atoms with Gasteiger partial charge in [-0.3, -0.25) is 19.5 Å². The van der Waals surface area contributed by atoms with Crippen molar-refractivity contribution in [3.8, 4) is 0 Å². The minimum absolute atomic E-state index is 0.0960. The number of hydrogen-bond donors (Lipinski definition) is 0. The van der Waals surface area contributed by atoms with Crippen LogP contribution in [0.4, 0.5) is 5.88 Å². The molecule has 3 aromatic rings. The number of nitrogens with zero attached hydrogens (tertiary/aromatic N) is 3. The van der Waals surface area contributed by atoms with Gasteiger partial charge in [0.15, 0.2) is 5.16 Å². The molecule has 26 heavy (non-hydrogen) atoms. The highest BCUT2D eigenvalue weighted by atomic mass is 32.2. The highest BCUT2D eigenvalue weighted by Gasteiger charge is 2.16. The summed E-state index contributed by atoms with van der Waals surface area (Å²) in [5.74, 6) is 0.0352. The smallest absolute Gasteiger partial charge is 0.401 e. The first-order chi connectivity index (χ1) is 12.4. The number of thioether (sulfide) groups is 1. The number of rotatable bonds is 6. The summed E-state index contributed by atoms with van der Waals surface area (Å²) in [4.78, 5) is 29.3. The lowest BCUT2D eigenvalue weighted by molar-refractivity contribution is -0.402. The molecule has 0 unspecified atom stereocenters. The second-order valence-corrected chi connectivity index (χ2v) is 7.49. The lowest BCUT2D eigenvalue weighted by Gasteiger charge is -2.08. The molecule has 0 radical (unpaired) electrons. The van der Waals surface area contributed by atoms with E-state index in [-0.39, 0.29) is 11.4 Å². The molecular formula is C17H15N3O4S2. The van der Waals surface area contributed by atoms with Crippen molar-refractivity contribution in [1.82, 2.24) is 9.55 Å². The zero-order valence-corrected chi connectivity index (χ0v) is 15.7. The zero-order chi connectivity index (χ0) is 18.8. The number of aromatic nitrogens is 2. The maximum Gasteiger partial charge on any atom is 0.433 e. The quantitative estimate of drug-likeness (QED) is 0.202. The van der Waals surface area contributed by atoms with Crippen molar-refractivity contribution in [3.05, 3.63) is 66.9 Å². The first-order valence-corrected chi connectivity index (χ1v) is 9.31. The van der Waals surface area contributed by atoms with Crippen LogP contribution in [-0.2, 0) is 6.54 Å². The summed E-state index contributed by atoms with van der Waals surface area (Å²) in [5.41, 5.74) is 0.858. The molecule has 7 nitrogen and oxygen atoms in total. The van der Waals surface area contributed by atoms with Gasteiger partial charge < -0.3 is 4.42 Å². The van der Waals surface area contributed by atoms with Crippen LogP contribution in [-0.4, -0.2) is 14.5 Å². The van der Waals surface area contributed by atoms with Gasteiger partial charge in [0.2, 0.25) is 0 Å². The summed E-state index contributed by atoms with van der Waals surface area (Å²) in [6.07, 6.45) is 3.24. The standard InChI is InChI=1S/C17H15N3O4S2/c1-4-8-19-16(21)14-10(2)11(3)26-15(14)18-17(19)25-9-7-12-5-6-13(24-12)20(22)23/h4-7,9H,1,8H2,2-3H3/b9-7+. The number of thiophene rings is 1. The van der Waals surface area contributed by atoms with Crippen LogP contribution in [0.1, 0.15) is 16.2 Å². The fourth-order valence-electron chi connectivity index (χ4n) is 2.38. The third-order valence-corrected chi connectivity index (χ3v) is 5.66. The molecule has 0 amide bonds. The molecule has 0 spiro atoms. The Morgan fingerprint density at radius 2 is 2.23 bits per heavy atom. The molecule has 0 aliphatic carbocycles. The number of furan rings is 1. The predicted molar refractivity (Wildman–Crippen MR) is 104 cm³/mol. The fraction of sp³-hybridized carbons (Fsp3) is 0.176. The molecule has 3 heterocycles. The number of allylic oxidation sites excluding steroid dienone is 1. The van der Waals surface area contributed by atoms with Crippen molar-refractivity contribution in [2.45, 2.75) is 25.5 Å². The molecule has 0 atom stereocenters. The molecule has 0 saturated heterocycles. The summed E-state index contributed by atoms with van der Waals surface area (Å²) in [5, 5.41) is 13.5. The van der Waals surface area contributed by atoms with E-state index in [0.29, 0.717) is 27.7 Å². The molecule has 0 aliphatic heterocycles. The third kappa shape index (κ3) is 3.35. The van der Waals surface area contributed by atoms with Crippen LogP contribution in [0, 0.1) is 24.0 Å². The lowest BCUT2D eigenvalue weighted by atomic mass is 10.2. The van der Waals surface area contributed by atoms with Gasteiger partial charge in [-0.05, 0) is 37.0 Å². The Morgan fingerprint density at radius 3 is 2.88 bits per heavy atom. The highest BCUT2D eigenvalue weighted by Crippen LogP contribution is 2.29. The molecule has 0 N–H and O–H groups in total. The normalized spacial score (nSPS) is 11.5. The molecular weight excluding hydrogens is 374 g/mol. The first kappa shape index (κ1) is 18.2. The number of nitro groups is 1. The second kappa shape index (κ2) is 7.30. The minimum atomic E-state index is -0.594. The summed E-state index contributed by atoms with van der Waals surface area (Å²) in [6, 6.07) is 2.80. The Hall–Kier alpha value is -2.65. The summed E-state index contributed by atoms with van der Waals surface area (Å²) < 4.78 is 6.64. The molecule has 9 heteroatoms. The van der Waals surface area contributed by atoms with Gasteiger partial charge in [0, 0.05) is 11.4 Å². The van der Waals surface area contributed by atoms with Gasteiger partial charge in [-0.2, -0.15) is 0 Å². The SMILES string of the molecule is C=CCn1c(S/C=C/c2ccc([N+](=O)[O-])o2)nc2sc(C)c(C)c2c1=O. The largest absolute Gasteiger partial charge is 0.433 e. The molecule has 0 saturated carbocycles. The first-order valence-electron chi connectivity index (χ1n) is 7.61. The van der Waals surface area contributed by atoms with E-state index in [2.05, 4.69) is 11.6 Å². The maximum absolute atomic E-state index is 12.8. The number of aryl methyl sites for hydroxylation is 2. The zero-order valence-electron chi connectivity index (χ0n) is 14.1. The Morgan fingerprint density at radius 1 is 1.46 bits per heavy atom. The molecule has 3 aromatic heterocycles. The monoisotopic (exact) mass is 389 g/mol. The van der Waals surface area contributed by atoms with Gasteiger partial charge in [-0.1, -0.05) is 17.8 Å². The van der Waals surface area contributed by atoms with Crippen molar-refractivity contribution in [1.29, 1.82) is 0 Å². The lowest BCUT2D eigenvalue weighted by Crippen LogP contribution is -2.22. The summed E-state index contributed by atoms with van der Waals surface area (Å²) in [6.45, 7) is 7.94. The Kier molecular flexibility index (Phi) is 5.10. The van der Waals surface area contributed by atoms with E-state index in [9.17, 15) is 14.9 Å². The second-order valence-electron chi connectivity index (χ2n) is 5.42. The van der Waals surface area contributed by atoms with E-state index in [1.54, 1.807) is 22.1 Å². The van der Waals surface area contributed by atoms with E-state index < -0.39 is 4.92 Å². The molecule has 3 rings (SSSR count). The van der Waals surface area contributed by atoms with Gasteiger partial charge >= 0.3 is 5.88 Å². The van der Waals surface area contributed by atoms with Gasteiger partial charge in [0.1, 0.15) is 15.5 Å². The number of fused-ring (bicyclic) bond motifs is 1. The van der Waals surface area contributed by atoms with E-state index in [4.69, 9.17) is 4.42 Å². The van der Waals surface area contributed by atoms with Crippen molar-refractivity contribution in [2.24, 2.45) is 0 Å². The van der Waals surface area contributed by atoms with Crippen LogP contribution in [0.2, 0.25) is 0 Å². The average Bonchev–Trinajstić information content (AvgIpc) is 3.17.